The number of nitrogens with one attached hydrogen (secondary N) is 3. The van der Waals surface area contributed by atoms with Gasteiger partial charge in [0.1, 0.15) is 5.70 Å². The predicted octanol–water partition coefficient (Wildman–Crippen LogP) is 7.44. The minimum atomic E-state index is -0.466. The molecule has 0 radical (unpaired) electrons. The Bertz CT molecular complexity index is 1560. The van der Waals surface area contributed by atoms with Gasteiger partial charge in [0, 0.05) is 21.8 Å². The Morgan fingerprint density at radius 2 is 1.50 bits per heavy atom. The van der Waals surface area contributed by atoms with Crippen molar-refractivity contribution in [3.8, 4) is 0 Å². The van der Waals surface area contributed by atoms with Crippen LogP contribution >= 0.6 is 35.0 Å². The third-order valence-corrected chi connectivity index (χ3v) is 7.32. The van der Waals surface area contributed by atoms with Gasteiger partial charge in [0.05, 0.1) is 15.8 Å². The summed E-state index contributed by atoms with van der Waals surface area (Å²) in [6.45, 7) is 1.95. The summed E-state index contributed by atoms with van der Waals surface area (Å²) in [4.78, 5) is 39.2. The highest BCUT2D eigenvalue weighted by Gasteiger charge is 2.15. The van der Waals surface area contributed by atoms with Gasteiger partial charge in [0.15, 0.2) is 0 Å². The van der Waals surface area contributed by atoms with Crippen LogP contribution in [0, 0.1) is 6.92 Å². The topological polar surface area (TPSA) is 87.3 Å². The van der Waals surface area contributed by atoms with Gasteiger partial charge in [-0.05, 0) is 73.2 Å². The monoisotopic (exact) mass is 589 g/mol. The molecule has 40 heavy (non-hydrogen) atoms. The Labute approximate surface area is 246 Å². The first kappa shape index (κ1) is 29.0. The highest BCUT2D eigenvalue weighted by atomic mass is 35.5. The Balaban J connectivity index is 1.40. The van der Waals surface area contributed by atoms with Crippen LogP contribution in [0.1, 0.15) is 21.5 Å². The number of halogens is 2. The summed E-state index contributed by atoms with van der Waals surface area (Å²) in [6, 6.07) is 28.3. The van der Waals surface area contributed by atoms with E-state index >= 15 is 0 Å². The smallest absolute Gasteiger partial charge is 0.272 e. The molecular weight excluding hydrogens is 565 g/mol. The van der Waals surface area contributed by atoms with Gasteiger partial charge in [-0.25, -0.2) is 0 Å². The maximum absolute atomic E-state index is 13.2. The molecule has 6 nitrogen and oxygen atoms in total. The summed E-state index contributed by atoms with van der Waals surface area (Å²) in [7, 11) is 0. The van der Waals surface area contributed by atoms with Crippen LogP contribution in [0.4, 0.5) is 11.4 Å². The zero-order chi connectivity index (χ0) is 28.5. The summed E-state index contributed by atoms with van der Waals surface area (Å²) in [5.41, 5.74) is 3.46. The molecule has 4 rings (SSSR count). The highest BCUT2D eigenvalue weighted by Crippen LogP contribution is 2.26. The maximum atomic E-state index is 13.2. The summed E-state index contributed by atoms with van der Waals surface area (Å²) in [5, 5.41) is 9.13. The fourth-order valence-corrected chi connectivity index (χ4v) is 4.62. The van der Waals surface area contributed by atoms with E-state index in [1.54, 1.807) is 72.8 Å². The summed E-state index contributed by atoms with van der Waals surface area (Å²) in [6.07, 6.45) is 1.64. The summed E-state index contributed by atoms with van der Waals surface area (Å²) in [5.74, 6) is -0.866. The minimum Gasteiger partial charge on any atom is -0.325 e. The molecule has 0 aliphatic heterocycles. The van der Waals surface area contributed by atoms with Crippen molar-refractivity contribution in [2.45, 2.75) is 11.8 Å². The molecule has 3 amide bonds. The van der Waals surface area contributed by atoms with Gasteiger partial charge in [0.2, 0.25) is 5.91 Å². The van der Waals surface area contributed by atoms with E-state index in [2.05, 4.69) is 16.0 Å². The normalized spacial score (nSPS) is 11.0. The molecule has 3 N–H and O–H groups in total. The van der Waals surface area contributed by atoms with E-state index < -0.39 is 5.91 Å². The third kappa shape index (κ3) is 8.48. The van der Waals surface area contributed by atoms with E-state index in [0.29, 0.717) is 27.0 Å². The molecule has 0 spiro atoms. The van der Waals surface area contributed by atoms with Crippen molar-refractivity contribution < 1.29 is 14.4 Å². The lowest BCUT2D eigenvalue weighted by molar-refractivity contribution is -0.114. The van der Waals surface area contributed by atoms with Crippen LogP contribution in [0.5, 0.6) is 0 Å². The standard InChI is InChI=1S/C31H25Cl2N3O3S/c1-20-6-5-7-21(16-20)17-28(36-30(38)22-8-3-2-4-9-22)31(39)35-23-10-13-25(14-11-23)40-19-29(37)34-24-12-15-26(32)27(33)18-24/h2-18H,19H2,1H3,(H,34,37)(H,35,39)(H,36,38)/b28-17-. The molecule has 4 aromatic carbocycles. The first-order valence-electron chi connectivity index (χ1n) is 12.2. The lowest BCUT2D eigenvalue weighted by Crippen LogP contribution is -2.30. The van der Waals surface area contributed by atoms with E-state index in [1.165, 1.54) is 11.8 Å². The fourth-order valence-electron chi connectivity index (χ4n) is 3.62. The van der Waals surface area contributed by atoms with E-state index in [1.807, 2.05) is 37.3 Å². The summed E-state index contributed by atoms with van der Waals surface area (Å²) < 4.78 is 0. The van der Waals surface area contributed by atoms with Crippen LogP contribution in [-0.4, -0.2) is 23.5 Å². The second kappa shape index (κ2) is 13.8. The Hall–Kier alpha value is -4.04. The molecule has 0 bridgehead atoms. The van der Waals surface area contributed by atoms with Crippen molar-refractivity contribution in [1.29, 1.82) is 0 Å². The van der Waals surface area contributed by atoms with Gasteiger partial charge in [-0.2, -0.15) is 0 Å². The summed E-state index contributed by atoms with van der Waals surface area (Å²) >= 11 is 13.3. The Kier molecular flexibility index (Phi) is 10.0. The number of benzene rings is 4. The minimum absolute atomic E-state index is 0.108. The molecule has 202 valence electrons. The lowest BCUT2D eigenvalue weighted by Gasteiger charge is -2.12. The Morgan fingerprint density at radius 1 is 0.775 bits per heavy atom. The van der Waals surface area contributed by atoms with Crippen molar-refractivity contribution in [3.63, 3.8) is 0 Å². The van der Waals surface area contributed by atoms with Gasteiger partial charge < -0.3 is 16.0 Å². The van der Waals surface area contributed by atoms with Crippen LogP contribution in [-0.2, 0) is 9.59 Å². The molecule has 4 aromatic rings. The van der Waals surface area contributed by atoms with Crippen molar-refractivity contribution in [3.05, 3.63) is 129 Å². The number of amides is 3. The van der Waals surface area contributed by atoms with Crippen molar-refractivity contribution in [2.75, 3.05) is 16.4 Å². The number of carbonyl (C=O) groups is 3. The second-order valence-electron chi connectivity index (χ2n) is 8.74. The van der Waals surface area contributed by atoms with Crippen LogP contribution in [0.3, 0.4) is 0 Å². The average molecular weight is 591 g/mol. The van der Waals surface area contributed by atoms with E-state index in [-0.39, 0.29) is 23.3 Å². The lowest BCUT2D eigenvalue weighted by atomic mass is 10.1. The number of aryl methyl sites for hydroxylation is 1. The predicted molar refractivity (Wildman–Crippen MR) is 164 cm³/mol. The number of thioether (sulfide) groups is 1. The molecule has 0 aliphatic carbocycles. The van der Waals surface area contributed by atoms with Crippen molar-refractivity contribution in [2.24, 2.45) is 0 Å². The average Bonchev–Trinajstić information content (AvgIpc) is 2.95. The molecule has 0 saturated heterocycles. The van der Waals surface area contributed by atoms with Gasteiger partial charge >= 0.3 is 0 Å². The number of carbonyl (C=O) groups excluding carboxylic acids is 3. The molecule has 0 unspecified atom stereocenters. The molecule has 0 aromatic heterocycles. The van der Waals surface area contributed by atoms with Crippen LogP contribution in [0.25, 0.3) is 6.08 Å². The second-order valence-corrected chi connectivity index (χ2v) is 10.6. The zero-order valence-electron chi connectivity index (χ0n) is 21.4. The zero-order valence-corrected chi connectivity index (χ0v) is 23.7. The van der Waals surface area contributed by atoms with Crippen LogP contribution < -0.4 is 16.0 Å². The third-order valence-electron chi connectivity index (χ3n) is 5.57. The fraction of sp³-hybridized carbons (Fsp3) is 0.0645. The van der Waals surface area contributed by atoms with E-state index in [9.17, 15) is 14.4 Å². The SMILES string of the molecule is Cc1cccc(/C=C(\NC(=O)c2ccccc2)C(=O)Nc2ccc(SCC(=O)Nc3ccc(Cl)c(Cl)c3)cc2)c1. The molecule has 9 heteroatoms. The van der Waals surface area contributed by atoms with Gasteiger partial charge in [-0.15, -0.1) is 11.8 Å². The van der Waals surface area contributed by atoms with Crippen molar-refractivity contribution in [1.82, 2.24) is 5.32 Å². The highest BCUT2D eigenvalue weighted by molar-refractivity contribution is 8.00. The molecule has 0 saturated carbocycles. The maximum Gasteiger partial charge on any atom is 0.272 e. The van der Waals surface area contributed by atoms with Crippen LogP contribution in [0.2, 0.25) is 10.0 Å². The molecule has 0 aliphatic rings. The van der Waals surface area contributed by atoms with Crippen LogP contribution in [0.15, 0.2) is 108 Å². The number of hydrogen-bond donors (Lipinski definition) is 3. The van der Waals surface area contributed by atoms with E-state index in [4.69, 9.17) is 23.2 Å². The number of anilines is 2. The molecule has 0 atom stereocenters. The first-order chi connectivity index (χ1) is 19.3. The molecule has 0 heterocycles. The molecule has 0 fully saturated rings. The number of hydrogen-bond acceptors (Lipinski definition) is 4. The van der Waals surface area contributed by atoms with E-state index in [0.717, 1.165) is 16.0 Å². The van der Waals surface area contributed by atoms with Crippen molar-refractivity contribution >= 4 is 70.1 Å². The largest absolute Gasteiger partial charge is 0.325 e. The van der Waals surface area contributed by atoms with Gasteiger partial charge in [-0.3, -0.25) is 14.4 Å². The molecular formula is C31H25Cl2N3O3S. The van der Waals surface area contributed by atoms with Gasteiger partial charge in [0.25, 0.3) is 11.8 Å². The Morgan fingerprint density at radius 3 is 2.20 bits per heavy atom. The number of rotatable bonds is 9. The van der Waals surface area contributed by atoms with Gasteiger partial charge in [-0.1, -0.05) is 71.2 Å². The quantitative estimate of drug-likeness (QED) is 0.140. The first-order valence-corrected chi connectivity index (χ1v) is 13.9.